The van der Waals surface area contributed by atoms with Gasteiger partial charge in [-0.3, -0.25) is 14.2 Å². The van der Waals surface area contributed by atoms with Crippen LogP contribution in [0.2, 0.25) is 5.02 Å². The van der Waals surface area contributed by atoms with Crippen molar-refractivity contribution in [1.29, 1.82) is 0 Å². The van der Waals surface area contributed by atoms with Gasteiger partial charge in [-0.15, -0.1) is 0 Å². The predicted octanol–water partition coefficient (Wildman–Crippen LogP) is 3.87. The van der Waals surface area contributed by atoms with Gasteiger partial charge in [0.15, 0.2) is 0 Å². The quantitative estimate of drug-likeness (QED) is 0.619. The van der Waals surface area contributed by atoms with E-state index in [2.05, 4.69) is 21.2 Å². The molecule has 0 spiro atoms. The van der Waals surface area contributed by atoms with Gasteiger partial charge in [-0.2, -0.15) is 0 Å². The minimum absolute atomic E-state index is 0.208. The maximum absolute atomic E-state index is 14.6. The number of halogens is 3. The van der Waals surface area contributed by atoms with E-state index in [-0.39, 0.29) is 11.1 Å². The van der Waals surface area contributed by atoms with Crippen molar-refractivity contribution in [2.75, 3.05) is 5.32 Å². The first-order valence-electron chi connectivity index (χ1n) is 8.45. The molecule has 150 valence electrons. The third kappa shape index (κ3) is 3.77. The van der Waals surface area contributed by atoms with Crippen LogP contribution in [0.15, 0.2) is 50.6 Å². The van der Waals surface area contributed by atoms with Crippen molar-refractivity contribution in [3.63, 3.8) is 0 Å². The van der Waals surface area contributed by atoms with Crippen LogP contribution < -0.4 is 16.6 Å². The lowest BCUT2D eigenvalue weighted by Gasteiger charge is -2.15. The molecule has 1 amide bonds. The molecule has 0 aliphatic carbocycles. The van der Waals surface area contributed by atoms with Gasteiger partial charge in [0.25, 0.3) is 11.5 Å². The van der Waals surface area contributed by atoms with E-state index in [4.69, 9.17) is 11.6 Å². The van der Waals surface area contributed by atoms with E-state index in [0.717, 1.165) is 9.13 Å². The molecule has 1 N–H and O–H groups in total. The minimum Gasteiger partial charge on any atom is -0.322 e. The number of rotatable bonds is 3. The van der Waals surface area contributed by atoms with Gasteiger partial charge in [0, 0.05) is 41.6 Å². The Bertz CT molecular complexity index is 1270. The van der Waals surface area contributed by atoms with Crippen LogP contribution >= 0.6 is 27.5 Å². The molecule has 3 rings (SSSR count). The lowest BCUT2D eigenvalue weighted by Crippen LogP contribution is -2.40. The highest BCUT2D eigenvalue weighted by atomic mass is 79.9. The fraction of sp³-hybridized carbons (Fsp3) is 0.150. The van der Waals surface area contributed by atoms with Crippen LogP contribution in [0.4, 0.5) is 10.1 Å². The van der Waals surface area contributed by atoms with Crippen LogP contribution in [-0.4, -0.2) is 15.0 Å². The maximum atomic E-state index is 14.6. The largest absolute Gasteiger partial charge is 0.330 e. The summed E-state index contributed by atoms with van der Waals surface area (Å²) in [5.74, 6) is -1.21. The fourth-order valence-electron chi connectivity index (χ4n) is 3.00. The molecule has 6 nitrogen and oxygen atoms in total. The molecule has 0 radical (unpaired) electrons. The summed E-state index contributed by atoms with van der Waals surface area (Å²) in [6.07, 6.45) is 1.17. The van der Waals surface area contributed by atoms with E-state index in [1.165, 1.54) is 32.4 Å². The smallest absolute Gasteiger partial charge is 0.322 e. The number of aromatic nitrogens is 2. The Balaban J connectivity index is 2.08. The van der Waals surface area contributed by atoms with Crippen LogP contribution in [0.25, 0.3) is 11.1 Å². The first kappa shape index (κ1) is 21.0. The van der Waals surface area contributed by atoms with Crippen molar-refractivity contribution >= 4 is 39.1 Å². The van der Waals surface area contributed by atoms with E-state index in [1.54, 1.807) is 25.1 Å². The molecule has 0 saturated carbocycles. The second-order valence-electron chi connectivity index (χ2n) is 6.45. The van der Waals surface area contributed by atoms with Crippen LogP contribution in [0.5, 0.6) is 0 Å². The Morgan fingerprint density at radius 1 is 1.17 bits per heavy atom. The molecule has 1 aromatic heterocycles. The monoisotopic (exact) mass is 479 g/mol. The Morgan fingerprint density at radius 2 is 1.86 bits per heavy atom. The Kier molecular flexibility index (Phi) is 5.77. The molecule has 1 heterocycles. The summed E-state index contributed by atoms with van der Waals surface area (Å²) < 4.78 is 17.2. The van der Waals surface area contributed by atoms with Gasteiger partial charge in [0.1, 0.15) is 11.4 Å². The standard InChI is InChI=1S/C20H16BrClFN3O3/c1-10-15(24-18(27)12-9-25(2)20(29)26(3)19(12)28)8-7-14(23)16(10)11-5-4-6-13(21)17(11)22/h4-9H,1-3H3,(H,24,27). The van der Waals surface area contributed by atoms with Crippen molar-refractivity contribution in [2.24, 2.45) is 14.1 Å². The lowest BCUT2D eigenvalue weighted by molar-refractivity contribution is 0.102. The van der Waals surface area contributed by atoms with Crippen molar-refractivity contribution < 1.29 is 9.18 Å². The van der Waals surface area contributed by atoms with Crippen LogP contribution in [0.1, 0.15) is 15.9 Å². The molecule has 0 atom stereocenters. The Labute approximate surface area is 178 Å². The number of nitrogens with one attached hydrogen (secondary N) is 1. The molecule has 3 aromatic rings. The average molecular weight is 481 g/mol. The van der Waals surface area contributed by atoms with Gasteiger partial charge in [-0.25, -0.2) is 9.18 Å². The summed E-state index contributed by atoms with van der Waals surface area (Å²) in [5.41, 5.74) is -0.0111. The molecule has 2 aromatic carbocycles. The number of carbonyl (C=O) groups excluding carboxylic acids is 1. The van der Waals surface area contributed by atoms with Gasteiger partial charge in [-0.05, 0) is 46.6 Å². The molecule has 9 heteroatoms. The highest BCUT2D eigenvalue weighted by molar-refractivity contribution is 9.10. The molecule has 0 saturated heterocycles. The van der Waals surface area contributed by atoms with Gasteiger partial charge < -0.3 is 9.88 Å². The summed E-state index contributed by atoms with van der Waals surface area (Å²) in [5, 5.41) is 2.96. The SMILES string of the molecule is Cc1c(NC(=O)c2cn(C)c(=O)n(C)c2=O)ccc(F)c1-c1cccc(Br)c1Cl. The summed E-state index contributed by atoms with van der Waals surface area (Å²) in [4.78, 5) is 36.8. The van der Waals surface area contributed by atoms with Crippen LogP contribution in [0, 0.1) is 12.7 Å². The number of hydrogen-bond donors (Lipinski definition) is 1. The molecule has 0 fully saturated rings. The van der Waals surface area contributed by atoms with E-state index >= 15 is 0 Å². The third-order valence-electron chi connectivity index (χ3n) is 4.57. The summed E-state index contributed by atoms with van der Waals surface area (Å²) in [6.45, 7) is 1.64. The highest BCUT2D eigenvalue weighted by Crippen LogP contribution is 2.38. The molecular formula is C20H16BrClFN3O3. The fourth-order valence-corrected chi connectivity index (χ4v) is 3.58. The van der Waals surface area contributed by atoms with Crippen LogP contribution in [-0.2, 0) is 14.1 Å². The lowest BCUT2D eigenvalue weighted by atomic mass is 9.98. The zero-order chi connectivity index (χ0) is 21.5. The molecule has 0 aliphatic heterocycles. The number of anilines is 1. The normalized spacial score (nSPS) is 10.8. The van der Waals surface area contributed by atoms with E-state index in [9.17, 15) is 18.8 Å². The first-order chi connectivity index (χ1) is 13.6. The molecule has 29 heavy (non-hydrogen) atoms. The summed E-state index contributed by atoms with van der Waals surface area (Å²) in [6, 6.07) is 7.76. The van der Waals surface area contributed by atoms with Crippen molar-refractivity contribution in [2.45, 2.75) is 6.92 Å². The topological polar surface area (TPSA) is 73.1 Å². The van der Waals surface area contributed by atoms with E-state index in [0.29, 0.717) is 26.3 Å². The van der Waals surface area contributed by atoms with Gasteiger partial charge in [-0.1, -0.05) is 23.7 Å². The highest BCUT2D eigenvalue weighted by Gasteiger charge is 2.19. The van der Waals surface area contributed by atoms with E-state index < -0.39 is 23.0 Å². The number of carbonyl (C=O) groups is 1. The number of aryl methyl sites for hydroxylation is 1. The van der Waals surface area contributed by atoms with Crippen LogP contribution in [0.3, 0.4) is 0 Å². The second kappa shape index (κ2) is 7.96. The van der Waals surface area contributed by atoms with Crippen molar-refractivity contribution in [3.8, 4) is 11.1 Å². The van der Waals surface area contributed by atoms with Gasteiger partial charge in [0.05, 0.1) is 5.02 Å². The maximum Gasteiger partial charge on any atom is 0.330 e. The predicted molar refractivity (Wildman–Crippen MR) is 114 cm³/mol. The van der Waals surface area contributed by atoms with E-state index in [1.807, 2.05) is 0 Å². The number of amides is 1. The Morgan fingerprint density at radius 3 is 2.55 bits per heavy atom. The number of benzene rings is 2. The third-order valence-corrected chi connectivity index (χ3v) is 5.87. The zero-order valence-electron chi connectivity index (χ0n) is 15.7. The molecular weight excluding hydrogens is 465 g/mol. The summed E-state index contributed by atoms with van der Waals surface area (Å²) >= 11 is 9.64. The number of nitrogens with zero attached hydrogens (tertiary/aromatic N) is 2. The molecule has 0 unspecified atom stereocenters. The minimum atomic E-state index is -0.722. The zero-order valence-corrected chi connectivity index (χ0v) is 18.1. The Hall–Kier alpha value is -2.71. The average Bonchev–Trinajstić information content (AvgIpc) is 2.68. The van der Waals surface area contributed by atoms with Gasteiger partial charge in [0.2, 0.25) is 0 Å². The number of hydrogen-bond acceptors (Lipinski definition) is 3. The van der Waals surface area contributed by atoms with Gasteiger partial charge >= 0.3 is 5.69 Å². The second-order valence-corrected chi connectivity index (χ2v) is 7.68. The molecule has 0 bridgehead atoms. The summed E-state index contributed by atoms with van der Waals surface area (Å²) in [7, 11) is 2.73. The van der Waals surface area contributed by atoms with Crippen molar-refractivity contribution in [1.82, 2.24) is 9.13 Å². The van der Waals surface area contributed by atoms with Crippen molar-refractivity contribution in [3.05, 3.63) is 83.8 Å². The molecule has 0 aliphatic rings. The first-order valence-corrected chi connectivity index (χ1v) is 9.62.